The van der Waals surface area contributed by atoms with Gasteiger partial charge in [0.2, 0.25) is 0 Å². The number of nitrogens with zero attached hydrogens (tertiary/aromatic N) is 1. The van der Waals surface area contributed by atoms with E-state index in [1.807, 2.05) is 29.5 Å². The maximum atomic E-state index is 13.3. The molecule has 1 aromatic rings. The summed E-state index contributed by atoms with van der Waals surface area (Å²) in [4.78, 5) is 12.8. The lowest BCUT2D eigenvalue weighted by atomic mass is 10.2. The normalized spacial score (nSPS) is 20.6. The summed E-state index contributed by atoms with van der Waals surface area (Å²) in [7, 11) is 0. The molecule has 1 aromatic carbocycles. The van der Waals surface area contributed by atoms with Crippen LogP contribution in [0.25, 0.3) is 0 Å². The highest BCUT2D eigenvalue weighted by atomic mass is 127. The Morgan fingerprint density at radius 2 is 2.33 bits per heavy atom. The Morgan fingerprint density at radius 1 is 1.60 bits per heavy atom. The minimum Gasteiger partial charge on any atom is -0.447 e. The Morgan fingerprint density at radius 3 is 2.87 bits per heavy atom. The molecule has 1 unspecified atom stereocenters. The average Bonchev–Trinajstić information content (AvgIpc) is 2.52. The number of benzene rings is 1. The van der Waals surface area contributed by atoms with Crippen LogP contribution in [-0.4, -0.2) is 18.7 Å². The molecule has 1 aliphatic rings. The zero-order valence-electron chi connectivity index (χ0n) is 8.04. The van der Waals surface area contributed by atoms with Gasteiger partial charge in [0, 0.05) is 3.57 Å². The second kappa shape index (κ2) is 3.96. The highest BCUT2D eigenvalue weighted by Crippen LogP contribution is 2.25. The van der Waals surface area contributed by atoms with Gasteiger partial charge >= 0.3 is 6.09 Å². The quantitative estimate of drug-likeness (QED) is 0.745. The second-order valence-electron chi connectivity index (χ2n) is 3.39. The first kappa shape index (κ1) is 10.7. The van der Waals surface area contributed by atoms with Crippen LogP contribution in [0.5, 0.6) is 0 Å². The first-order chi connectivity index (χ1) is 7.09. The van der Waals surface area contributed by atoms with Gasteiger partial charge in [-0.05, 0) is 47.7 Å². The van der Waals surface area contributed by atoms with Crippen molar-refractivity contribution in [2.45, 2.75) is 13.0 Å². The molecule has 5 heteroatoms. The summed E-state index contributed by atoms with van der Waals surface area (Å²) in [6.45, 7) is 2.22. The predicted octanol–water partition coefficient (Wildman–Crippen LogP) is 2.78. The first-order valence-corrected chi connectivity index (χ1v) is 5.58. The SMILES string of the molecule is CC1COC(=O)N1c1ccc(I)c(F)c1. The molecule has 80 valence electrons. The van der Waals surface area contributed by atoms with Crippen LogP contribution in [0.2, 0.25) is 0 Å². The minimum absolute atomic E-state index is 0.0445. The molecule has 3 nitrogen and oxygen atoms in total. The van der Waals surface area contributed by atoms with Gasteiger partial charge in [-0.3, -0.25) is 4.90 Å². The van der Waals surface area contributed by atoms with Crippen LogP contribution in [0.3, 0.4) is 0 Å². The van der Waals surface area contributed by atoms with Gasteiger partial charge < -0.3 is 4.74 Å². The third-order valence-corrected chi connectivity index (χ3v) is 3.14. The Balaban J connectivity index is 2.36. The van der Waals surface area contributed by atoms with E-state index in [9.17, 15) is 9.18 Å². The number of hydrogen-bond acceptors (Lipinski definition) is 2. The largest absolute Gasteiger partial charge is 0.447 e. The van der Waals surface area contributed by atoms with E-state index in [1.165, 1.54) is 11.0 Å². The molecule has 15 heavy (non-hydrogen) atoms. The fourth-order valence-electron chi connectivity index (χ4n) is 1.51. The van der Waals surface area contributed by atoms with Crippen LogP contribution in [0, 0.1) is 9.39 Å². The van der Waals surface area contributed by atoms with Crippen LogP contribution >= 0.6 is 22.6 Å². The van der Waals surface area contributed by atoms with Crippen LogP contribution in [0.1, 0.15) is 6.92 Å². The molecule has 1 saturated heterocycles. The second-order valence-corrected chi connectivity index (χ2v) is 4.56. The first-order valence-electron chi connectivity index (χ1n) is 4.50. The van der Waals surface area contributed by atoms with Crippen molar-refractivity contribution in [3.63, 3.8) is 0 Å². The summed E-state index contributed by atoms with van der Waals surface area (Å²) in [6.07, 6.45) is -0.414. The molecule has 0 radical (unpaired) electrons. The Labute approximate surface area is 100 Å². The van der Waals surface area contributed by atoms with E-state index in [0.29, 0.717) is 15.9 Å². The maximum absolute atomic E-state index is 13.3. The summed E-state index contributed by atoms with van der Waals surface area (Å²) in [5.41, 5.74) is 0.544. The fraction of sp³-hybridized carbons (Fsp3) is 0.300. The number of carbonyl (C=O) groups is 1. The topological polar surface area (TPSA) is 29.5 Å². The lowest BCUT2D eigenvalue weighted by molar-refractivity contribution is 0.179. The smallest absolute Gasteiger partial charge is 0.414 e. The third-order valence-electron chi connectivity index (χ3n) is 2.27. The lowest BCUT2D eigenvalue weighted by Crippen LogP contribution is -2.30. The van der Waals surface area contributed by atoms with E-state index in [4.69, 9.17) is 4.74 Å². The highest BCUT2D eigenvalue weighted by Gasteiger charge is 2.31. The van der Waals surface area contributed by atoms with E-state index >= 15 is 0 Å². The van der Waals surface area contributed by atoms with E-state index < -0.39 is 6.09 Å². The number of halogens is 2. The molecule has 0 aliphatic carbocycles. The Bertz CT molecular complexity index is 410. The third kappa shape index (κ3) is 1.92. The number of ether oxygens (including phenoxy) is 1. The summed E-state index contributed by atoms with van der Waals surface area (Å²) < 4.78 is 18.7. The van der Waals surface area contributed by atoms with E-state index in [2.05, 4.69) is 0 Å². The molecule has 0 aromatic heterocycles. The number of amides is 1. The number of cyclic esters (lactones) is 1. The van der Waals surface area contributed by atoms with Gasteiger partial charge in [-0.1, -0.05) is 0 Å². The highest BCUT2D eigenvalue weighted by molar-refractivity contribution is 14.1. The summed E-state index contributed by atoms with van der Waals surface area (Å²) in [5.74, 6) is -0.319. The number of hydrogen-bond donors (Lipinski definition) is 0. The Kier molecular flexibility index (Phi) is 2.81. The van der Waals surface area contributed by atoms with Gasteiger partial charge in [-0.2, -0.15) is 0 Å². The molecule has 0 saturated carbocycles. The van der Waals surface area contributed by atoms with E-state index in [0.717, 1.165) is 0 Å². The monoisotopic (exact) mass is 321 g/mol. The molecule has 1 amide bonds. The van der Waals surface area contributed by atoms with E-state index in [1.54, 1.807) is 12.1 Å². The van der Waals surface area contributed by atoms with E-state index in [-0.39, 0.29) is 11.9 Å². The van der Waals surface area contributed by atoms with Crippen LogP contribution in [0.15, 0.2) is 18.2 Å². The number of rotatable bonds is 1. The molecule has 1 aliphatic heterocycles. The summed E-state index contributed by atoms with van der Waals surface area (Å²) in [6, 6.07) is 4.67. The van der Waals surface area contributed by atoms with Crippen LogP contribution < -0.4 is 4.90 Å². The van der Waals surface area contributed by atoms with Crippen molar-refractivity contribution >= 4 is 34.4 Å². The standard InChI is InChI=1S/C10H9FINO2/c1-6-5-15-10(14)13(6)7-2-3-9(12)8(11)4-7/h2-4,6H,5H2,1H3. The van der Waals surface area contributed by atoms with Gasteiger partial charge in [0.15, 0.2) is 0 Å². The van der Waals surface area contributed by atoms with Crippen LogP contribution in [0.4, 0.5) is 14.9 Å². The van der Waals surface area contributed by atoms with Gasteiger partial charge in [0.05, 0.1) is 11.7 Å². The van der Waals surface area contributed by atoms with Crippen molar-refractivity contribution in [1.29, 1.82) is 0 Å². The molecular weight excluding hydrogens is 312 g/mol. The van der Waals surface area contributed by atoms with Gasteiger partial charge in [-0.25, -0.2) is 9.18 Å². The van der Waals surface area contributed by atoms with Crippen molar-refractivity contribution < 1.29 is 13.9 Å². The van der Waals surface area contributed by atoms with Crippen LogP contribution in [-0.2, 0) is 4.74 Å². The Hall–Kier alpha value is -0.850. The van der Waals surface area contributed by atoms with Crippen molar-refractivity contribution in [3.05, 3.63) is 27.6 Å². The summed E-state index contributed by atoms with van der Waals surface area (Å²) in [5, 5.41) is 0. The predicted molar refractivity (Wildman–Crippen MR) is 62.4 cm³/mol. The van der Waals surface area contributed by atoms with Gasteiger partial charge in [0.25, 0.3) is 0 Å². The molecule has 0 N–H and O–H groups in total. The molecule has 2 rings (SSSR count). The molecule has 1 atom stereocenters. The summed E-state index contributed by atoms with van der Waals surface area (Å²) >= 11 is 1.91. The molecule has 1 fully saturated rings. The fourth-order valence-corrected chi connectivity index (χ4v) is 1.85. The maximum Gasteiger partial charge on any atom is 0.414 e. The zero-order chi connectivity index (χ0) is 11.0. The average molecular weight is 321 g/mol. The number of carbonyl (C=O) groups excluding carboxylic acids is 1. The minimum atomic E-state index is -0.414. The molecule has 0 spiro atoms. The van der Waals surface area contributed by atoms with Gasteiger partial charge in [-0.15, -0.1) is 0 Å². The molecular formula is C10H9FINO2. The lowest BCUT2D eigenvalue weighted by Gasteiger charge is -2.18. The zero-order valence-corrected chi connectivity index (χ0v) is 10.2. The van der Waals surface area contributed by atoms with Crippen molar-refractivity contribution in [2.24, 2.45) is 0 Å². The van der Waals surface area contributed by atoms with Crippen molar-refractivity contribution in [1.82, 2.24) is 0 Å². The molecule has 0 bridgehead atoms. The van der Waals surface area contributed by atoms with Crippen molar-refractivity contribution in [3.8, 4) is 0 Å². The number of anilines is 1. The van der Waals surface area contributed by atoms with Crippen molar-refractivity contribution in [2.75, 3.05) is 11.5 Å². The van der Waals surface area contributed by atoms with Gasteiger partial charge in [0.1, 0.15) is 12.4 Å². The molecule has 1 heterocycles.